The molecule has 2 aromatic rings. The summed E-state index contributed by atoms with van der Waals surface area (Å²) >= 11 is 0. The lowest BCUT2D eigenvalue weighted by atomic mass is 9.77. The van der Waals surface area contributed by atoms with E-state index in [0.717, 1.165) is 5.56 Å². The van der Waals surface area contributed by atoms with Crippen LogP contribution in [0, 0.1) is 5.82 Å². The Morgan fingerprint density at radius 3 is 2.35 bits per heavy atom. The molecule has 8 heteroatoms. The zero-order valence-corrected chi connectivity index (χ0v) is 20.3. The molecule has 1 N–H and O–H groups in total. The Hall–Kier alpha value is -1.84. The number of nitrogens with zero attached hydrogens (tertiary/aromatic N) is 1. The highest BCUT2D eigenvalue weighted by Gasteiger charge is 2.46. The number of rotatable bonds is 4. The van der Waals surface area contributed by atoms with Crippen molar-refractivity contribution in [3.8, 4) is 0 Å². The standard InChI is InChI=1S/C26H32FNO5S/c1-19-7-10-24(20-5-3-2-4-6-20)34(30,31)28(19)18-21-8-9-22(17-23(21)27)25(29)11-13-26(14-12-25)32-15-16-33-26/h2-6,8-9,17,19,24,29H,7,10-16,18H2,1H3/t19-,24+/m0/s1. The number of benzene rings is 2. The number of ether oxygens (including phenoxy) is 2. The van der Waals surface area contributed by atoms with E-state index in [1.807, 2.05) is 37.3 Å². The molecule has 6 nitrogen and oxygen atoms in total. The second-order valence-corrected chi connectivity index (χ2v) is 11.9. The highest BCUT2D eigenvalue weighted by Crippen LogP contribution is 2.45. The molecule has 1 aliphatic carbocycles. The van der Waals surface area contributed by atoms with Crippen LogP contribution in [0.3, 0.4) is 0 Å². The van der Waals surface area contributed by atoms with Gasteiger partial charge in [-0.1, -0.05) is 42.5 Å². The summed E-state index contributed by atoms with van der Waals surface area (Å²) in [5.74, 6) is -1.11. The SMILES string of the molecule is C[C@H]1CC[C@H](c2ccccc2)S(=O)(=O)N1Cc1ccc(C2(O)CCC3(CC2)OCCO3)cc1F. The molecular formula is C26H32FNO5S. The van der Waals surface area contributed by atoms with Crippen molar-refractivity contribution in [2.45, 2.75) is 74.7 Å². The summed E-state index contributed by atoms with van der Waals surface area (Å²) in [4.78, 5) is 0. The van der Waals surface area contributed by atoms with Gasteiger partial charge in [-0.05, 0) is 49.8 Å². The molecule has 3 fully saturated rings. The predicted molar refractivity (Wildman–Crippen MR) is 126 cm³/mol. The summed E-state index contributed by atoms with van der Waals surface area (Å²) in [7, 11) is -3.65. The quantitative estimate of drug-likeness (QED) is 0.690. The molecule has 0 radical (unpaired) electrons. The fourth-order valence-corrected chi connectivity index (χ4v) is 7.79. The van der Waals surface area contributed by atoms with Crippen molar-refractivity contribution in [1.29, 1.82) is 0 Å². The third-order valence-electron chi connectivity index (χ3n) is 7.77. The topological polar surface area (TPSA) is 76.1 Å². The number of hydrogen-bond donors (Lipinski definition) is 1. The summed E-state index contributed by atoms with van der Waals surface area (Å²) < 4.78 is 55.1. The number of hydrogen-bond acceptors (Lipinski definition) is 5. The van der Waals surface area contributed by atoms with Crippen LogP contribution in [0.1, 0.15) is 67.4 Å². The smallest absolute Gasteiger partial charge is 0.221 e. The predicted octanol–water partition coefficient (Wildman–Crippen LogP) is 4.39. The fourth-order valence-electron chi connectivity index (χ4n) is 5.60. The van der Waals surface area contributed by atoms with Crippen LogP contribution in [-0.2, 0) is 31.6 Å². The Balaban J connectivity index is 1.34. The van der Waals surface area contributed by atoms with Gasteiger partial charge in [-0.25, -0.2) is 12.8 Å². The van der Waals surface area contributed by atoms with Gasteiger partial charge in [0, 0.05) is 31.0 Å². The largest absolute Gasteiger partial charge is 0.385 e. The minimum atomic E-state index is -3.65. The second-order valence-electron chi connectivity index (χ2n) is 9.86. The summed E-state index contributed by atoms with van der Waals surface area (Å²) in [6.07, 6.45) is 3.20. The average Bonchev–Trinajstić information content (AvgIpc) is 3.28. The zero-order valence-electron chi connectivity index (χ0n) is 19.5. The molecule has 34 heavy (non-hydrogen) atoms. The van der Waals surface area contributed by atoms with Crippen LogP contribution >= 0.6 is 0 Å². The van der Waals surface area contributed by atoms with Gasteiger partial charge in [0.2, 0.25) is 10.0 Å². The van der Waals surface area contributed by atoms with E-state index in [2.05, 4.69) is 0 Å². The van der Waals surface area contributed by atoms with Crippen molar-refractivity contribution < 1.29 is 27.4 Å². The molecule has 0 unspecified atom stereocenters. The minimum absolute atomic E-state index is 0.0256. The lowest BCUT2D eigenvalue weighted by Crippen LogP contribution is -2.45. The van der Waals surface area contributed by atoms with E-state index in [1.165, 1.54) is 10.4 Å². The van der Waals surface area contributed by atoms with Crippen molar-refractivity contribution in [1.82, 2.24) is 4.31 Å². The Morgan fingerprint density at radius 1 is 1.03 bits per heavy atom. The van der Waals surface area contributed by atoms with E-state index >= 15 is 4.39 Å². The van der Waals surface area contributed by atoms with Gasteiger partial charge in [-0.3, -0.25) is 0 Å². The van der Waals surface area contributed by atoms with Gasteiger partial charge in [0.15, 0.2) is 5.79 Å². The van der Waals surface area contributed by atoms with Crippen molar-refractivity contribution in [3.63, 3.8) is 0 Å². The summed E-state index contributed by atoms with van der Waals surface area (Å²) in [6.45, 7) is 2.97. The normalized spacial score (nSPS) is 28.2. The maximum atomic E-state index is 15.2. The van der Waals surface area contributed by atoms with Crippen LogP contribution in [0.15, 0.2) is 48.5 Å². The van der Waals surface area contributed by atoms with Crippen molar-refractivity contribution in [2.24, 2.45) is 0 Å². The Kier molecular flexibility index (Phi) is 6.31. The maximum absolute atomic E-state index is 15.2. The van der Waals surface area contributed by atoms with E-state index in [-0.39, 0.29) is 12.6 Å². The van der Waals surface area contributed by atoms with Gasteiger partial charge in [0.05, 0.1) is 18.8 Å². The van der Waals surface area contributed by atoms with Gasteiger partial charge in [-0.15, -0.1) is 0 Å². The average molecular weight is 490 g/mol. The molecule has 0 bridgehead atoms. The molecule has 2 atom stereocenters. The zero-order chi connectivity index (χ0) is 24.0. The molecule has 2 aromatic carbocycles. The summed E-state index contributed by atoms with van der Waals surface area (Å²) in [5, 5.41) is 10.6. The van der Waals surface area contributed by atoms with Crippen LogP contribution in [-0.4, -0.2) is 42.9 Å². The number of aliphatic hydroxyl groups is 1. The van der Waals surface area contributed by atoms with E-state index in [0.29, 0.717) is 62.9 Å². The molecule has 2 heterocycles. The van der Waals surface area contributed by atoms with E-state index < -0.39 is 32.5 Å². The first-order chi connectivity index (χ1) is 16.2. The van der Waals surface area contributed by atoms with Gasteiger partial charge < -0.3 is 14.6 Å². The first-order valence-corrected chi connectivity index (χ1v) is 13.6. The molecule has 1 spiro atoms. The number of sulfonamides is 1. The Morgan fingerprint density at radius 2 is 1.71 bits per heavy atom. The highest BCUT2D eigenvalue weighted by molar-refractivity contribution is 7.89. The molecule has 3 aliphatic rings. The van der Waals surface area contributed by atoms with Gasteiger partial charge >= 0.3 is 0 Å². The molecule has 184 valence electrons. The van der Waals surface area contributed by atoms with Gasteiger partial charge in [0.25, 0.3) is 0 Å². The van der Waals surface area contributed by atoms with Crippen LogP contribution in [0.4, 0.5) is 4.39 Å². The summed E-state index contributed by atoms with van der Waals surface area (Å²) in [5.41, 5.74) is 0.440. The van der Waals surface area contributed by atoms with Crippen LogP contribution in [0.25, 0.3) is 0 Å². The molecule has 1 saturated carbocycles. The first-order valence-electron chi connectivity index (χ1n) is 12.1. The van der Waals surface area contributed by atoms with Crippen molar-refractivity contribution in [3.05, 3.63) is 71.0 Å². The third-order valence-corrected chi connectivity index (χ3v) is 10.1. The molecular weight excluding hydrogens is 457 g/mol. The lowest BCUT2D eigenvalue weighted by molar-refractivity contribution is -0.204. The molecule has 5 rings (SSSR count). The van der Waals surface area contributed by atoms with Gasteiger partial charge in [-0.2, -0.15) is 4.31 Å². The summed E-state index contributed by atoms with van der Waals surface area (Å²) in [6, 6.07) is 13.7. The van der Waals surface area contributed by atoms with Crippen LogP contribution in [0.5, 0.6) is 0 Å². The van der Waals surface area contributed by atoms with Crippen LogP contribution < -0.4 is 0 Å². The van der Waals surface area contributed by atoms with Crippen molar-refractivity contribution in [2.75, 3.05) is 13.2 Å². The Bertz CT molecular complexity index is 1120. The molecule has 0 amide bonds. The van der Waals surface area contributed by atoms with Crippen molar-refractivity contribution >= 4 is 10.0 Å². The fraction of sp³-hybridized carbons (Fsp3) is 0.538. The Labute approximate surface area is 200 Å². The molecule has 2 aliphatic heterocycles. The monoisotopic (exact) mass is 489 g/mol. The lowest BCUT2D eigenvalue weighted by Gasteiger charge is -2.41. The van der Waals surface area contributed by atoms with E-state index in [1.54, 1.807) is 12.1 Å². The van der Waals surface area contributed by atoms with E-state index in [4.69, 9.17) is 9.47 Å². The minimum Gasteiger partial charge on any atom is -0.385 e. The highest BCUT2D eigenvalue weighted by atomic mass is 32.2. The second kappa shape index (κ2) is 8.99. The number of halogens is 1. The van der Waals surface area contributed by atoms with Gasteiger partial charge in [0.1, 0.15) is 11.1 Å². The molecule has 2 saturated heterocycles. The third kappa shape index (κ3) is 4.31. The van der Waals surface area contributed by atoms with Crippen LogP contribution in [0.2, 0.25) is 0 Å². The first kappa shape index (κ1) is 23.9. The van der Waals surface area contributed by atoms with E-state index in [9.17, 15) is 13.5 Å². The molecule has 0 aromatic heterocycles. The maximum Gasteiger partial charge on any atom is 0.221 e.